The van der Waals surface area contributed by atoms with Crippen LogP contribution in [0.2, 0.25) is 5.02 Å². The van der Waals surface area contributed by atoms with Crippen molar-refractivity contribution in [1.29, 1.82) is 0 Å². The normalized spacial score (nSPS) is 12.2. The third kappa shape index (κ3) is 9.56. The Labute approximate surface area is 281 Å². The summed E-state index contributed by atoms with van der Waals surface area (Å²) < 4.78 is 49.2. The number of amides is 2. The van der Waals surface area contributed by atoms with E-state index in [0.717, 1.165) is 9.87 Å². The summed E-state index contributed by atoms with van der Waals surface area (Å²) in [6, 6.07) is 26.0. The zero-order valence-electron chi connectivity index (χ0n) is 26.8. The molecule has 47 heavy (non-hydrogen) atoms. The Bertz CT molecular complexity index is 1760. The van der Waals surface area contributed by atoms with Gasteiger partial charge in [0.15, 0.2) is 0 Å². The summed E-state index contributed by atoms with van der Waals surface area (Å²) in [6.45, 7) is 6.78. The van der Waals surface area contributed by atoms with Gasteiger partial charge >= 0.3 is 0 Å². The molecule has 0 saturated carbocycles. The largest absolute Gasteiger partial charge is 0.492 e. The highest BCUT2D eigenvalue weighted by Gasteiger charge is 2.36. The zero-order valence-corrected chi connectivity index (χ0v) is 28.4. The van der Waals surface area contributed by atoms with E-state index in [1.54, 1.807) is 31.2 Å². The summed E-state index contributed by atoms with van der Waals surface area (Å²) in [4.78, 5) is 29.8. The maximum atomic E-state index is 14.6. The monoisotopic (exact) mass is 679 g/mol. The van der Waals surface area contributed by atoms with Crippen molar-refractivity contribution in [3.63, 3.8) is 0 Å². The first-order valence-corrected chi connectivity index (χ1v) is 17.0. The maximum Gasteiger partial charge on any atom is 0.264 e. The van der Waals surface area contributed by atoms with Crippen molar-refractivity contribution in [2.24, 2.45) is 0 Å². The molecule has 4 aromatic carbocycles. The van der Waals surface area contributed by atoms with Gasteiger partial charge in [-0.25, -0.2) is 12.8 Å². The average molecular weight is 680 g/mol. The van der Waals surface area contributed by atoms with Crippen molar-refractivity contribution < 1.29 is 27.1 Å². The van der Waals surface area contributed by atoms with E-state index in [2.05, 4.69) is 5.32 Å². The van der Waals surface area contributed by atoms with Crippen LogP contribution in [0.25, 0.3) is 0 Å². The summed E-state index contributed by atoms with van der Waals surface area (Å²) in [6.07, 6.45) is 0.148. The zero-order chi connectivity index (χ0) is 34.2. The van der Waals surface area contributed by atoms with Gasteiger partial charge in [0, 0.05) is 23.5 Å². The van der Waals surface area contributed by atoms with E-state index in [1.165, 1.54) is 53.4 Å². The molecule has 0 bridgehead atoms. The number of halogens is 2. The number of nitrogens with zero attached hydrogens (tertiary/aromatic N) is 2. The molecule has 4 aromatic rings. The van der Waals surface area contributed by atoms with Gasteiger partial charge in [0.05, 0.1) is 17.2 Å². The van der Waals surface area contributed by atoms with Crippen LogP contribution < -0.4 is 14.4 Å². The van der Waals surface area contributed by atoms with E-state index < -0.39 is 45.8 Å². The van der Waals surface area contributed by atoms with Gasteiger partial charge in [0.1, 0.15) is 24.2 Å². The van der Waals surface area contributed by atoms with E-state index in [4.69, 9.17) is 16.3 Å². The molecule has 0 heterocycles. The molecule has 0 radical (unpaired) electrons. The Balaban J connectivity index is 1.85. The molecule has 0 fully saturated rings. The van der Waals surface area contributed by atoms with Crippen molar-refractivity contribution in [3.8, 4) is 5.75 Å². The van der Waals surface area contributed by atoms with E-state index in [0.29, 0.717) is 10.6 Å². The molecule has 248 valence electrons. The molecular formula is C36H39ClFN3O5S. The average Bonchev–Trinajstić information content (AvgIpc) is 3.02. The van der Waals surface area contributed by atoms with Crippen molar-refractivity contribution in [3.05, 3.63) is 125 Å². The van der Waals surface area contributed by atoms with Crippen LogP contribution in [0.4, 0.5) is 10.1 Å². The predicted molar refractivity (Wildman–Crippen MR) is 182 cm³/mol. The molecule has 0 spiro atoms. The maximum absolute atomic E-state index is 14.6. The van der Waals surface area contributed by atoms with Crippen LogP contribution in [0.15, 0.2) is 108 Å². The molecule has 1 N–H and O–H groups in total. The van der Waals surface area contributed by atoms with Crippen LogP contribution in [-0.2, 0) is 32.6 Å². The third-order valence-corrected chi connectivity index (χ3v) is 9.18. The van der Waals surface area contributed by atoms with Crippen LogP contribution in [0.3, 0.4) is 0 Å². The third-order valence-electron chi connectivity index (χ3n) is 7.15. The molecule has 0 aromatic heterocycles. The number of ether oxygens (including phenoxy) is 1. The van der Waals surface area contributed by atoms with Gasteiger partial charge in [0.2, 0.25) is 11.8 Å². The minimum atomic E-state index is -4.36. The van der Waals surface area contributed by atoms with E-state index >= 15 is 0 Å². The Kier molecular flexibility index (Phi) is 11.7. The molecule has 0 aliphatic heterocycles. The first-order valence-electron chi connectivity index (χ1n) is 15.2. The Morgan fingerprint density at radius 2 is 1.49 bits per heavy atom. The van der Waals surface area contributed by atoms with Crippen molar-refractivity contribution in [2.45, 2.75) is 57.1 Å². The second-order valence-corrected chi connectivity index (χ2v) is 14.3. The fourth-order valence-corrected chi connectivity index (χ4v) is 6.53. The van der Waals surface area contributed by atoms with Gasteiger partial charge in [-0.2, -0.15) is 0 Å². The van der Waals surface area contributed by atoms with Crippen LogP contribution in [0.1, 0.15) is 38.8 Å². The SMILES string of the molecule is CCOc1ccccc1N(CC(=O)N(Cc1ccc(F)cc1)[C@@H](Cc1ccccc1)C(=O)NC(C)(C)C)S(=O)(=O)c1ccc(Cl)cc1. The smallest absolute Gasteiger partial charge is 0.264 e. The first kappa shape index (κ1) is 35.4. The van der Waals surface area contributed by atoms with E-state index in [1.807, 2.05) is 51.1 Å². The van der Waals surface area contributed by atoms with Crippen molar-refractivity contribution in [1.82, 2.24) is 10.2 Å². The van der Waals surface area contributed by atoms with Gasteiger partial charge in [-0.1, -0.05) is 66.2 Å². The Morgan fingerprint density at radius 3 is 2.11 bits per heavy atom. The van der Waals surface area contributed by atoms with E-state index in [-0.39, 0.29) is 35.9 Å². The van der Waals surface area contributed by atoms with Gasteiger partial charge < -0.3 is 15.0 Å². The number of sulfonamides is 1. The van der Waals surface area contributed by atoms with Crippen molar-refractivity contribution >= 4 is 39.1 Å². The number of hydrogen-bond acceptors (Lipinski definition) is 5. The minimum Gasteiger partial charge on any atom is -0.492 e. The summed E-state index contributed by atoms with van der Waals surface area (Å²) in [5.41, 5.74) is 0.879. The lowest BCUT2D eigenvalue weighted by atomic mass is 10.0. The first-order chi connectivity index (χ1) is 22.3. The topological polar surface area (TPSA) is 96.0 Å². The van der Waals surface area contributed by atoms with E-state index in [9.17, 15) is 22.4 Å². The minimum absolute atomic E-state index is 0.0857. The molecule has 0 aliphatic rings. The highest BCUT2D eigenvalue weighted by atomic mass is 35.5. The van der Waals surface area contributed by atoms with Gasteiger partial charge in [0.25, 0.3) is 10.0 Å². The summed E-state index contributed by atoms with van der Waals surface area (Å²) >= 11 is 6.06. The van der Waals surface area contributed by atoms with Crippen LogP contribution in [0.5, 0.6) is 5.75 Å². The number of hydrogen-bond donors (Lipinski definition) is 1. The molecule has 2 amide bonds. The second-order valence-electron chi connectivity index (χ2n) is 12.0. The number of nitrogens with one attached hydrogen (secondary N) is 1. The highest BCUT2D eigenvalue weighted by molar-refractivity contribution is 7.92. The van der Waals surface area contributed by atoms with Gasteiger partial charge in [-0.05, 0) is 87.4 Å². The standard InChI is InChI=1S/C36H39ClFN3O5S/c1-5-46-33-14-10-9-13-31(33)41(47(44,45)30-21-17-28(37)18-22-30)25-34(42)40(24-27-15-19-29(38)20-16-27)32(35(43)39-36(2,3)4)23-26-11-7-6-8-12-26/h6-22,32H,5,23-25H2,1-4H3,(H,39,43)/t32-/m0/s1. The molecule has 1 atom stereocenters. The van der Waals surface area contributed by atoms with Crippen molar-refractivity contribution in [2.75, 3.05) is 17.5 Å². The molecule has 11 heteroatoms. The number of para-hydroxylation sites is 2. The van der Waals surface area contributed by atoms with Gasteiger partial charge in [-0.3, -0.25) is 13.9 Å². The lowest BCUT2D eigenvalue weighted by Crippen LogP contribution is -2.56. The molecule has 4 rings (SSSR count). The number of anilines is 1. The quantitative estimate of drug-likeness (QED) is 0.171. The predicted octanol–water partition coefficient (Wildman–Crippen LogP) is 6.63. The Morgan fingerprint density at radius 1 is 0.872 bits per heavy atom. The van der Waals surface area contributed by atoms with Crippen LogP contribution in [-0.4, -0.2) is 49.9 Å². The number of benzene rings is 4. The number of carbonyl (C=O) groups excluding carboxylic acids is 2. The fourth-order valence-electron chi connectivity index (χ4n) is 4.98. The number of carbonyl (C=O) groups is 2. The second kappa shape index (κ2) is 15.5. The molecule has 0 unspecified atom stereocenters. The Hall–Kier alpha value is -4.41. The van der Waals surface area contributed by atoms with Crippen LogP contribution >= 0.6 is 11.6 Å². The lowest BCUT2D eigenvalue weighted by Gasteiger charge is -2.35. The molecule has 8 nitrogen and oxygen atoms in total. The summed E-state index contributed by atoms with van der Waals surface area (Å²) in [5.74, 6) is -1.26. The molecular weight excluding hydrogens is 641 g/mol. The molecule has 0 saturated heterocycles. The highest BCUT2D eigenvalue weighted by Crippen LogP contribution is 2.33. The lowest BCUT2D eigenvalue weighted by molar-refractivity contribution is -0.140. The van der Waals surface area contributed by atoms with Gasteiger partial charge in [-0.15, -0.1) is 0 Å². The summed E-state index contributed by atoms with van der Waals surface area (Å²) in [7, 11) is -4.36. The number of rotatable bonds is 13. The van der Waals surface area contributed by atoms with Crippen LogP contribution in [0, 0.1) is 5.82 Å². The summed E-state index contributed by atoms with van der Waals surface area (Å²) in [5, 5.41) is 3.33. The fraction of sp³-hybridized carbons (Fsp3) is 0.278. The molecule has 0 aliphatic carbocycles.